The van der Waals surface area contributed by atoms with Crippen molar-refractivity contribution in [3.8, 4) is 0 Å². The minimum Gasteiger partial charge on any atom is -0.391 e. The number of aliphatic hydroxyl groups excluding tert-OH is 1. The van der Waals surface area contributed by atoms with E-state index in [4.69, 9.17) is 11.6 Å². The standard InChI is InChI=1S/C18H17ClN4O2S/c19-12-3-1-2-11(8-12)9-20-18-21-14-5-7-26-16(14)15(22-18)17(25)23-6-4-13(24)10-23/h1-3,5,7-8,13,24H,4,6,9-10H2,(H,20,21,22)/t13-/m1/s1. The summed E-state index contributed by atoms with van der Waals surface area (Å²) >= 11 is 7.46. The number of hydrogen-bond donors (Lipinski definition) is 2. The summed E-state index contributed by atoms with van der Waals surface area (Å²) in [7, 11) is 0. The molecule has 26 heavy (non-hydrogen) atoms. The smallest absolute Gasteiger partial charge is 0.274 e. The largest absolute Gasteiger partial charge is 0.391 e. The molecule has 4 rings (SSSR count). The number of thiophene rings is 1. The molecule has 1 amide bonds. The maximum atomic E-state index is 12.9. The van der Waals surface area contributed by atoms with E-state index in [0.717, 1.165) is 15.8 Å². The van der Waals surface area contributed by atoms with Crippen LogP contribution in [0.25, 0.3) is 10.2 Å². The summed E-state index contributed by atoms with van der Waals surface area (Å²) < 4.78 is 0.768. The van der Waals surface area contributed by atoms with Crippen molar-refractivity contribution in [2.75, 3.05) is 18.4 Å². The van der Waals surface area contributed by atoms with Crippen LogP contribution in [0.5, 0.6) is 0 Å². The lowest BCUT2D eigenvalue weighted by molar-refractivity contribution is 0.0761. The number of carbonyl (C=O) groups excluding carboxylic acids is 1. The predicted octanol–water partition coefficient (Wildman–Crippen LogP) is 3.16. The minimum atomic E-state index is -0.458. The van der Waals surface area contributed by atoms with E-state index in [1.807, 2.05) is 35.7 Å². The van der Waals surface area contributed by atoms with Crippen LogP contribution < -0.4 is 5.32 Å². The SMILES string of the molecule is O=C(c1nc(NCc2cccc(Cl)c2)nc2ccsc12)N1CC[C@@H](O)C1. The lowest BCUT2D eigenvalue weighted by Gasteiger charge is -2.16. The Morgan fingerprint density at radius 1 is 1.38 bits per heavy atom. The molecule has 0 spiro atoms. The molecule has 1 aliphatic rings. The van der Waals surface area contributed by atoms with E-state index in [1.54, 1.807) is 4.90 Å². The number of hydrogen-bond acceptors (Lipinski definition) is 6. The molecule has 2 aromatic heterocycles. The third kappa shape index (κ3) is 3.51. The number of halogens is 1. The maximum Gasteiger partial charge on any atom is 0.274 e. The Hall–Kier alpha value is -2.22. The maximum absolute atomic E-state index is 12.9. The molecule has 1 saturated heterocycles. The summed E-state index contributed by atoms with van der Waals surface area (Å²) in [5.74, 6) is 0.237. The van der Waals surface area contributed by atoms with Crippen LogP contribution in [0.2, 0.25) is 5.02 Å². The zero-order chi connectivity index (χ0) is 18.1. The molecule has 1 atom stereocenters. The highest BCUT2D eigenvalue weighted by Gasteiger charge is 2.28. The van der Waals surface area contributed by atoms with Crippen molar-refractivity contribution in [2.24, 2.45) is 0 Å². The van der Waals surface area contributed by atoms with Crippen molar-refractivity contribution in [3.63, 3.8) is 0 Å². The topological polar surface area (TPSA) is 78.4 Å². The quantitative estimate of drug-likeness (QED) is 0.717. The summed E-state index contributed by atoms with van der Waals surface area (Å²) in [6.45, 7) is 1.40. The van der Waals surface area contributed by atoms with Gasteiger partial charge in [0.1, 0.15) is 0 Å². The summed E-state index contributed by atoms with van der Waals surface area (Å²) in [6.07, 6.45) is 0.143. The Morgan fingerprint density at radius 2 is 2.27 bits per heavy atom. The highest BCUT2D eigenvalue weighted by molar-refractivity contribution is 7.17. The van der Waals surface area contributed by atoms with Crippen LogP contribution in [0.1, 0.15) is 22.5 Å². The summed E-state index contributed by atoms with van der Waals surface area (Å²) in [6, 6.07) is 9.41. The third-order valence-electron chi connectivity index (χ3n) is 4.30. The molecule has 0 unspecified atom stereocenters. The number of fused-ring (bicyclic) bond motifs is 1. The van der Waals surface area contributed by atoms with Crippen LogP contribution in [-0.2, 0) is 6.54 Å². The molecule has 6 nitrogen and oxygen atoms in total. The number of β-amino-alcohol motifs (C(OH)–C–C–N with tert-alkyl or cyclic N) is 1. The van der Waals surface area contributed by atoms with Gasteiger partial charge in [-0.25, -0.2) is 9.97 Å². The van der Waals surface area contributed by atoms with Gasteiger partial charge >= 0.3 is 0 Å². The third-order valence-corrected chi connectivity index (χ3v) is 5.44. The van der Waals surface area contributed by atoms with Gasteiger partial charge in [0.25, 0.3) is 5.91 Å². The van der Waals surface area contributed by atoms with Crippen LogP contribution in [0, 0.1) is 0 Å². The highest BCUT2D eigenvalue weighted by atomic mass is 35.5. The number of aliphatic hydroxyl groups is 1. The van der Waals surface area contributed by atoms with Gasteiger partial charge in [-0.2, -0.15) is 0 Å². The van der Waals surface area contributed by atoms with E-state index in [1.165, 1.54) is 11.3 Å². The first-order chi connectivity index (χ1) is 12.6. The molecule has 3 heterocycles. The summed E-state index contributed by atoms with van der Waals surface area (Å²) in [5, 5.41) is 15.4. The normalized spacial score (nSPS) is 17.0. The van der Waals surface area contributed by atoms with Crippen molar-refractivity contribution in [1.29, 1.82) is 0 Å². The molecule has 0 aliphatic carbocycles. The zero-order valence-electron chi connectivity index (χ0n) is 13.9. The first kappa shape index (κ1) is 17.2. The molecule has 8 heteroatoms. The fraction of sp³-hybridized carbons (Fsp3) is 0.278. The summed E-state index contributed by atoms with van der Waals surface area (Å²) in [4.78, 5) is 23.5. The average Bonchev–Trinajstić information content (AvgIpc) is 3.27. The lowest BCUT2D eigenvalue weighted by Crippen LogP contribution is -2.30. The number of nitrogens with one attached hydrogen (secondary N) is 1. The molecule has 1 aromatic carbocycles. The number of nitrogens with zero attached hydrogens (tertiary/aromatic N) is 3. The van der Waals surface area contributed by atoms with Crippen LogP contribution >= 0.6 is 22.9 Å². The van der Waals surface area contributed by atoms with Crippen molar-refractivity contribution >= 4 is 45.0 Å². The van der Waals surface area contributed by atoms with Crippen molar-refractivity contribution < 1.29 is 9.90 Å². The number of carbonyl (C=O) groups is 1. The van der Waals surface area contributed by atoms with Gasteiger partial charge in [-0.05, 0) is 35.6 Å². The van der Waals surface area contributed by atoms with Gasteiger partial charge in [0.15, 0.2) is 5.69 Å². The van der Waals surface area contributed by atoms with Crippen molar-refractivity contribution in [1.82, 2.24) is 14.9 Å². The minimum absolute atomic E-state index is 0.165. The Bertz CT molecular complexity index is 961. The van der Waals surface area contributed by atoms with Crippen LogP contribution in [0.4, 0.5) is 5.95 Å². The van der Waals surface area contributed by atoms with Gasteiger partial charge in [-0.3, -0.25) is 4.79 Å². The van der Waals surface area contributed by atoms with E-state index in [0.29, 0.717) is 42.7 Å². The molecular formula is C18H17ClN4O2S. The molecule has 1 fully saturated rings. The van der Waals surface area contributed by atoms with E-state index in [-0.39, 0.29) is 5.91 Å². The number of benzene rings is 1. The lowest BCUT2D eigenvalue weighted by atomic mass is 10.2. The van der Waals surface area contributed by atoms with Crippen LogP contribution in [0.3, 0.4) is 0 Å². The second-order valence-corrected chi connectivity index (χ2v) is 7.56. The number of aromatic nitrogens is 2. The second-order valence-electron chi connectivity index (χ2n) is 6.21. The Morgan fingerprint density at radius 3 is 3.04 bits per heavy atom. The van der Waals surface area contributed by atoms with E-state index < -0.39 is 6.10 Å². The number of likely N-dealkylation sites (tertiary alicyclic amines) is 1. The van der Waals surface area contributed by atoms with Crippen molar-refractivity contribution in [3.05, 3.63) is 52.0 Å². The first-order valence-corrected chi connectivity index (χ1v) is 9.57. The molecule has 134 valence electrons. The van der Waals surface area contributed by atoms with Crippen LogP contribution in [-0.4, -0.2) is 45.1 Å². The van der Waals surface area contributed by atoms with Gasteiger partial charge < -0.3 is 15.3 Å². The highest BCUT2D eigenvalue weighted by Crippen LogP contribution is 2.26. The van der Waals surface area contributed by atoms with Crippen LogP contribution in [0.15, 0.2) is 35.7 Å². The fourth-order valence-corrected chi connectivity index (χ4v) is 4.02. The van der Waals surface area contributed by atoms with Gasteiger partial charge in [-0.15, -0.1) is 11.3 Å². The number of rotatable bonds is 4. The zero-order valence-corrected chi connectivity index (χ0v) is 15.4. The summed E-state index contributed by atoms with van der Waals surface area (Å²) in [5.41, 5.74) is 2.12. The Labute approximate surface area is 159 Å². The van der Waals surface area contributed by atoms with E-state index >= 15 is 0 Å². The van der Waals surface area contributed by atoms with Crippen molar-refractivity contribution in [2.45, 2.75) is 19.1 Å². The van der Waals surface area contributed by atoms with Gasteiger partial charge in [0.2, 0.25) is 5.95 Å². The molecule has 2 N–H and O–H groups in total. The fourth-order valence-electron chi connectivity index (χ4n) is 2.99. The molecule has 3 aromatic rings. The van der Waals surface area contributed by atoms with E-state index in [9.17, 15) is 9.90 Å². The first-order valence-electron chi connectivity index (χ1n) is 8.31. The molecule has 1 aliphatic heterocycles. The molecule has 0 bridgehead atoms. The second kappa shape index (κ2) is 7.19. The number of amides is 1. The molecule has 0 radical (unpaired) electrons. The van der Waals surface area contributed by atoms with Gasteiger partial charge in [0.05, 0.1) is 16.3 Å². The van der Waals surface area contributed by atoms with Gasteiger partial charge in [0, 0.05) is 24.7 Å². The Balaban J connectivity index is 1.61. The average molecular weight is 389 g/mol. The predicted molar refractivity (Wildman–Crippen MR) is 103 cm³/mol. The van der Waals surface area contributed by atoms with E-state index in [2.05, 4.69) is 15.3 Å². The molecular weight excluding hydrogens is 372 g/mol. The monoisotopic (exact) mass is 388 g/mol. The van der Waals surface area contributed by atoms with Gasteiger partial charge in [-0.1, -0.05) is 23.7 Å². The Kier molecular flexibility index (Phi) is 4.76. The molecule has 0 saturated carbocycles. The number of anilines is 1.